The van der Waals surface area contributed by atoms with Gasteiger partial charge in [-0.1, -0.05) is 60.7 Å². The maximum Gasteiger partial charge on any atom is 0.0297 e. The summed E-state index contributed by atoms with van der Waals surface area (Å²) in [6.07, 6.45) is 12.7. The number of alkyl halides is 1. The van der Waals surface area contributed by atoms with Gasteiger partial charge in [0.25, 0.3) is 0 Å². The molecule has 0 fully saturated rings. The summed E-state index contributed by atoms with van der Waals surface area (Å²) >= 11 is 3.48. The Morgan fingerprint density at radius 2 is 1.83 bits per heavy atom. The van der Waals surface area contributed by atoms with E-state index in [1.807, 2.05) is 0 Å². The van der Waals surface area contributed by atoms with Crippen molar-refractivity contribution in [1.82, 2.24) is 0 Å². The molecule has 0 saturated heterocycles. The zero-order chi connectivity index (χ0) is 9.23. The molecule has 1 heteroatoms. The molecule has 0 N–H and O–H groups in total. The normalized spacial score (nSPS) is 13.9. The maximum atomic E-state index is 3.48. The molecule has 0 spiro atoms. The van der Waals surface area contributed by atoms with E-state index >= 15 is 0 Å². The Morgan fingerprint density at radius 1 is 1.17 bits per heavy atom. The van der Waals surface area contributed by atoms with E-state index in [1.54, 1.807) is 0 Å². The summed E-state index contributed by atoms with van der Waals surface area (Å²) in [4.78, 5) is 0.535. The van der Waals surface area contributed by atoms with Crippen LogP contribution in [-0.4, -0.2) is 4.83 Å². The van der Waals surface area contributed by atoms with Crippen LogP contribution < -0.4 is 0 Å². The number of allylic oxidation sites excluding steroid dienone is 2. The Bertz CT molecular complexity index is 106. The summed E-state index contributed by atoms with van der Waals surface area (Å²) in [7, 11) is 0. The lowest BCUT2D eigenvalue weighted by Gasteiger charge is -1.96. The van der Waals surface area contributed by atoms with Crippen LogP contribution in [-0.2, 0) is 0 Å². The monoisotopic (exact) mass is 232 g/mol. The van der Waals surface area contributed by atoms with Crippen molar-refractivity contribution in [2.24, 2.45) is 0 Å². The summed E-state index contributed by atoms with van der Waals surface area (Å²) in [5.41, 5.74) is 0. The fraction of sp³-hybridized carbons (Fsp3) is 0.818. The molecule has 1 unspecified atom stereocenters. The Hall–Kier alpha value is 0.220. The van der Waals surface area contributed by atoms with E-state index in [0.717, 1.165) is 0 Å². The van der Waals surface area contributed by atoms with Gasteiger partial charge in [-0.3, -0.25) is 0 Å². The minimum atomic E-state index is 0.535. The van der Waals surface area contributed by atoms with Gasteiger partial charge in [0, 0.05) is 4.83 Å². The first kappa shape index (κ1) is 12.2. The van der Waals surface area contributed by atoms with Gasteiger partial charge in [-0.25, -0.2) is 0 Å². The van der Waals surface area contributed by atoms with Gasteiger partial charge in [-0.05, 0) is 19.8 Å². The number of hydrogen-bond donors (Lipinski definition) is 0. The third kappa shape index (κ3) is 10.2. The van der Waals surface area contributed by atoms with Crippen LogP contribution in [0, 0.1) is 0 Å². The lowest BCUT2D eigenvalue weighted by molar-refractivity contribution is 0.637. The smallest absolute Gasteiger partial charge is 0.0297 e. The average molecular weight is 233 g/mol. The van der Waals surface area contributed by atoms with Crippen LogP contribution in [0.15, 0.2) is 12.2 Å². The van der Waals surface area contributed by atoms with Crippen molar-refractivity contribution in [2.45, 2.75) is 57.2 Å². The fourth-order valence-corrected chi connectivity index (χ4v) is 1.37. The summed E-state index contributed by atoms with van der Waals surface area (Å²) in [6, 6.07) is 0. The van der Waals surface area contributed by atoms with Gasteiger partial charge < -0.3 is 0 Å². The molecule has 0 aromatic heterocycles. The van der Waals surface area contributed by atoms with Crippen LogP contribution in [0.3, 0.4) is 0 Å². The Balaban J connectivity index is 3.00. The quantitative estimate of drug-likeness (QED) is 0.340. The third-order valence-corrected chi connectivity index (χ3v) is 2.18. The summed E-state index contributed by atoms with van der Waals surface area (Å²) < 4.78 is 0. The Labute approximate surface area is 85.6 Å². The van der Waals surface area contributed by atoms with E-state index in [9.17, 15) is 0 Å². The van der Waals surface area contributed by atoms with E-state index in [2.05, 4.69) is 41.9 Å². The highest BCUT2D eigenvalue weighted by Crippen LogP contribution is 2.06. The summed E-state index contributed by atoms with van der Waals surface area (Å²) in [5.74, 6) is 0. The highest BCUT2D eigenvalue weighted by Gasteiger charge is 1.87. The molecular weight excluding hydrogens is 212 g/mol. The largest absolute Gasteiger partial charge is 0.0874 e. The first-order valence-corrected chi connectivity index (χ1v) is 5.99. The van der Waals surface area contributed by atoms with Crippen LogP contribution in [0.5, 0.6) is 0 Å². The molecule has 0 aliphatic heterocycles. The topological polar surface area (TPSA) is 0 Å². The van der Waals surface area contributed by atoms with Crippen molar-refractivity contribution < 1.29 is 0 Å². The van der Waals surface area contributed by atoms with E-state index in [-0.39, 0.29) is 0 Å². The molecule has 0 amide bonds. The Kier molecular flexibility index (Phi) is 9.48. The van der Waals surface area contributed by atoms with Gasteiger partial charge in [0.1, 0.15) is 0 Å². The first-order valence-electron chi connectivity index (χ1n) is 5.08. The first-order chi connectivity index (χ1) is 5.77. The molecule has 0 rings (SSSR count). The average Bonchev–Trinajstić information content (AvgIpc) is 2.02. The van der Waals surface area contributed by atoms with Crippen molar-refractivity contribution in [3.8, 4) is 0 Å². The van der Waals surface area contributed by atoms with Crippen molar-refractivity contribution in [1.29, 1.82) is 0 Å². The molecule has 0 aliphatic carbocycles. The van der Waals surface area contributed by atoms with Crippen LogP contribution in [0.1, 0.15) is 52.4 Å². The Morgan fingerprint density at radius 3 is 2.42 bits per heavy atom. The van der Waals surface area contributed by atoms with Gasteiger partial charge >= 0.3 is 0 Å². The second-order valence-electron chi connectivity index (χ2n) is 3.31. The van der Waals surface area contributed by atoms with E-state index < -0.39 is 0 Å². The molecule has 0 bridgehead atoms. The van der Waals surface area contributed by atoms with Crippen molar-refractivity contribution >= 4 is 15.9 Å². The second-order valence-corrected chi connectivity index (χ2v) is 4.75. The van der Waals surface area contributed by atoms with Gasteiger partial charge in [0.15, 0.2) is 0 Å². The minimum absolute atomic E-state index is 0.535. The second kappa shape index (κ2) is 9.31. The van der Waals surface area contributed by atoms with Crippen LogP contribution in [0.4, 0.5) is 0 Å². The minimum Gasteiger partial charge on any atom is -0.0874 e. The zero-order valence-corrected chi connectivity index (χ0v) is 9.94. The van der Waals surface area contributed by atoms with Crippen LogP contribution in [0.25, 0.3) is 0 Å². The van der Waals surface area contributed by atoms with Gasteiger partial charge in [-0.15, -0.1) is 0 Å². The molecule has 0 saturated carbocycles. The SMILES string of the molecule is CCCCCCCC=CC(C)Br. The van der Waals surface area contributed by atoms with E-state index in [4.69, 9.17) is 0 Å². The lowest BCUT2D eigenvalue weighted by Crippen LogP contribution is -1.80. The number of hydrogen-bond acceptors (Lipinski definition) is 0. The standard InChI is InChI=1S/C11H21Br/c1-3-4-5-6-7-8-9-10-11(2)12/h9-11H,3-8H2,1-2H3. The number of unbranched alkanes of at least 4 members (excludes halogenated alkanes) is 5. The highest BCUT2D eigenvalue weighted by atomic mass is 79.9. The molecule has 0 heterocycles. The zero-order valence-electron chi connectivity index (χ0n) is 8.35. The molecule has 1 atom stereocenters. The van der Waals surface area contributed by atoms with Crippen LogP contribution >= 0.6 is 15.9 Å². The molecule has 0 nitrogen and oxygen atoms in total. The molecule has 0 aromatic rings. The number of rotatable bonds is 7. The van der Waals surface area contributed by atoms with Gasteiger partial charge in [-0.2, -0.15) is 0 Å². The molecule has 0 aromatic carbocycles. The molecule has 0 aliphatic rings. The predicted octanol–water partition coefficient (Wildman–Crippen LogP) is 4.69. The van der Waals surface area contributed by atoms with Gasteiger partial charge in [0.2, 0.25) is 0 Å². The van der Waals surface area contributed by atoms with Crippen molar-refractivity contribution in [3.63, 3.8) is 0 Å². The summed E-state index contributed by atoms with van der Waals surface area (Å²) in [6.45, 7) is 4.40. The van der Waals surface area contributed by atoms with E-state index in [0.29, 0.717) is 4.83 Å². The number of halogens is 1. The van der Waals surface area contributed by atoms with Crippen molar-refractivity contribution in [2.75, 3.05) is 0 Å². The van der Waals surface area contributed by atoms with Crippen molar-refractivity contribution in [3.05, 3.63) is 12.2 Å². The fourth-order valence-electron chi connectivity index (χ4n) is 1.15. The van der Waals surface area contributed by atoms with E-state index in [1.165, 1.54) is 38.5 Å². The maximum absolute atomic E-state index is 3.48. The molecule has 0 radical (unpaired) electrons. The molecule has 12 heavy (non-hydrogen) atoms. The summed E-state index contributed by atoms with van der Waals surface area (Å²) in [5, 5.41) is 0. The lowest BCUT2D eigenvalue weighted by atomic mass is 10.1. The molecule has 72 valence electrons. The molecular formula is C11H21Br. The van der Waals surface area contributed by atoms with Gasteiger partial charge in [0.05, 0.1) is 0 Å². The predicted molar refractivity (Wildman–Crippen MR) is 60.9 cm³/mol. The highest BCUT2D eigenvalue weighted by molar-refractivity contribution is 9.09. The van der Waals surface area contributed by atoms with Crippen LogP contribution in [0.2, 0.25) is 0 Å². The third-order valence-electron chi connectivity index (χ3n) is 1.88.